The van der Waals surface area contributed by atoms with Crippen LogP contribution in [0, 0.1) is 0 Å². The smallest absolute Gasteiger partial charge is 0.258 e. The highest BCUT2D eigenvalue weighted by molar-refractivity contribution is 6.11. The fourth-order valence-electron chi connectivity index (χ4n) is 3.81. The second-order valence-corrected chi connectivity index (χ2v) is 7.10. The maximum absolute atomic E-state index is 13.4. The standard InChI is InChI=1S/C22H23N3O4/c1-13(26)16-10-18-19(11-21(16)29-3)24-23-12-20(18)25-8-4-5-14-6-7-15(28-2)9-17(14)22(25)27/h6-7,9-13,26H,4-5,8H2,1-3H3. The fraction of sp³-hybridized carbons (Fsp3) is 0.318. The van der Waals surface area contributed by atoms with E-state index in [0.717, 1.165) is 23.8 Å². The number of ether oxygens (including phenoxy) is 2. The van der Waals surface area contributed by atoms with Gasteiger partial charge in [0.25, 0.3) is 5.91 Å². The molecule has 150 valence electrons. The zero-order chi connectivity index (χ0) is 20.5. The Labute approximate surface area is 168 Å². The number of aliphatic hydroxyl groups excluding tert-OH is 1. The molecule has 1 N–H and O–H groups in total. The summed E-state index contributed by atoms with van der Waals surface area (Å²) in [6, 6.07) is 9.19. The first kappa shape index (κ1) is 19.1. The predicted molar refractivity (Wildman–Crippen MR) is 110 cm³/mol. The summed E-state index contributed by atoms with van der Waals surface area (Å²) in [7, 11) is 3.14. The molecule has 7 nitrogen and oxygen atoms in total. The largest absolute Gasteiger partial charge is 0.497 e. The summed E-state index contributed by atoms with van der Waals surface area (Å²) < 4.78 is 10.7. The third-order valence-electron chi connectivity index (χ3n) is 5.33. The van der Waals surface area contributed by atoms with Crippen LogP contribution in [-0.4, -0.2) is 42.0 Å². The minimum absolute atomic E-state index is 0.0971. The van der Waals surface area contributed by atoms with Gasteiger partial charge in [0, 0.05) is 29.1 Å². The molecule has 2 heterocycles. The second-order valence-electron chi connectivity index (χ2n) is 7.10. The number of hydrogen-bond acceptors (Lipinski definition) is 6. The van der Waals surface area contributed by atoms with Gasteiger partial charge in [-0.1, -0.05) is 6.07 Å². The van der Waals surface area contributed by atoms with Crippen molar-refractivity contribution < 1.29 is 19.4 Å². The molecule has 3 aromatic rings. The number of amides is 1. The number of aromatic nitrogens is 2. The maximum atomic E-state index is 13.4. The lowest BCUT2D eigenvalue weighted by atomic mass is 10.0. The Morgan fingerprint density at radius 3 is 2.72 bits per heavy atom. The van der Waals surface area contributed by atoms with Crippen LogP contribution in [0.3, 0.4) is 0 Å². The fourth-order valence-corrected chi connectivity index (χ4v) is 3.81. The number of fused-ring (bicyclic) bond motifs is 2. The van der Waals surface area contributed by atoms with Crippen molar-refractivity contribution in [3.63, 3.8) is 0 Å². The zero-order valence-electron chi connectivity index (χ0n) is 16.7. The molecule has 4 rings (SSSR count). The first-order chi connectivity index (χ1) is 14.0. The Kier molecular flexibility index (Phi) is 5.07. The van der Waals surface area contributed by atoms with Crippen molar-refractivity contribution >= 4 is 22.5 Å². The molecule has 2 aromatic carbocycles. The van der Waals surface area contributed by atoms with E-state index < -0.39 is 6.10 Å². The molecule has 0 spiro atoms. The van der Waals surface area contributed by atoms with Crippen molar-refractivity contribution in [2.45, 2.75) is 25.9 Å². The zero-order valence-corrected chi connectivity index (χ0v) is 16.7. The molecule has 1 aliphatic rings. The van der Waals surface area contributed by atoms with Gasteiger partial charge in [0.15, 0.2) is 0 Å². The molecule has 1 atom stereocenters. The summed E-state index contributed by atoms with van der Waals surface area (Å²) in [5.41, 5.74) is 3.55. The number of carbonyl (C=O) groups is 1. The van der Waals surface area contributed by atoms with E-state index in [2.05, 4.69) is 10.2 Å². The highest BCUT2D eigenvalue weighted by Crippen LogP contribution is 2.35. The van der Waals surface area contributed by atoms with Gasteiger partial charge in [-0.15, -0.1) is 0 Å². The first-order valence-corrected chi connectivity index (χ1v) is 9.53. The van der Waals surface area contributed by atoms with Crippen molar-refractivity contribution in [1.82, 2.24) is 10.2 Å². The molecule has 1 aliphatic heterocycles. The molecule has 1 unspecified atom stereocenters. The number of aryl methyl sites for hydroxylation is 1. The van der Waals surface area contributed by atoms with Gasteiger partial charge in [0.1, 0.15) is 11.5 Å². The van der Waals surface area contributed by atoms with E-state index in [-0.39, 0.29) is 5.91 Å². The van der Waals surface area contributed by atoms with Gasteiger partial charge in [0.05, 0.1) is 37.7 Å². The predicted octanol–water partition coefficient (Wildman–Crippen LogP) is 3.29. The quantitative estimate of drug-likeness (QED) is 0.732. The van der Waals surface area contributed by atoms with Crippen molar-refractivity contribution in [3.05, 3.63) is 53.2 Å². The van der Waals surface area contributed by atoms with E-state index in [1.807, 2.05) is 18.2 Å². The molecular weight excluding hydrogens is 370 g/mol. The van der Waals surface area contributed by atoms with Crippen LogP contribution in [-0.2, 0) is 6.42 Å². The van der Waals surface area contributed by atoms with Gasteiger partial charge in [-0.25, -0.2) is 0 Å². The van der Waals surface area contributed by atoms with E-state index >= 15 is 0 Å². The molecule has 0 saturated carbocycles. The van der Waals surface area contributed by atoms with Gasteiger partial charge >= 0.3 is 0 Å². The summed E-state index contributed by atoms with van der Waals surface area (Å²) in [6.45, 7) is 2.24. The summed E-state index contributed by atoms with van der Waals surface area (Å²) in [5.74, 6) is 1.09. The molecule has 0 aliphatic carbocycles. The van der Waals surface area contributed by atoms with Crippen LogP contribution in [0.5, 0.6) is 11.5 Å². The maximum Gasteiger partial charge on any atom is 0.258 e. The lowest BCUT2D eigenvalue weighted by molar-refractivity contribution is 0.0988. The van der Waals surface area contributed by atoms with E-state index in [0.29, 0.717) is 40.4 Å². The van der Waals surface area contributed by atoms with Gasteiger partial charge in [-0.05, 0) is 43.5 Å². The van der Waals surface area contributed by atoms with Crippen molar-refractivity contribution in [3.8, 4) is 11.5 Å². The van der Waals surface area contributed by atoms with Crippen LogP contribution in [0.2, 0.25) is 0 Å². The molecule has 0 radical (unpaired) electrons. The van der Waals surface area contributed by atoms with Crippen LogP contribution >= 0.6 is 0 Å². The number of rotatable bonds is 4. The van der Waals surface area contributed by atoms with E-state index in [4.69, 9.17) is 9.47 Å². The summed E-state index contributed by atoms with van der Waals surface area (Å²) in [5, 5.41) is 19.2. The monoisotopic (exact) mass is 393 g/mol. The molecule has 0 bridgehead atoms. The van der Waals surface area contributed by atoms with Gasteiger partial charge in [-0.3, -0.25) is 4.79 Å². The lowest BCUT2D eigenvalue weighted by Gasteiger charge is -2.23. The number of anilines is 1. The van der Waals surface area contributed by atoms with Crippen molar-refractivity contribution in [1.29, 1.82) is 0 Å². The minimum atomic E-state index is -0.722. The van der Waals surface area contributed by atoms with E-state index in [9.17, 15) is 9.90 Å². The molecule has 7 heteroatoms. The number of hydrogen-bond donors (Lipinski definition) is 1. The van der Waals surface area contributed by atoms with Crippen molar-refractivity contribution in [2.75, 3.05) is 25.7 Å². The Morgan fingerprint density at radius 1 is 1.17 bits per heavy atom. The van der Waals surface area contributed by atoms with E-state index in [1.165, 1.54) is 0 Å². The Bertz CT molecular complexity index is 1080. The number of benzene rings is 2. The Hall–Kier alpha value is -3.19. The highest BCUT2D eigenvalue weighted by atomic mass is 16.5. The van der Waals surface area contributed by atoms with Crippen LogP contribution in [0.4, 0.5) is 5.69 Å². The topological polar surface area (TPSA) is 84.8 Å². The summed E-state index contributed by atoms with van der Waals surface area (Å²) >= 11 is 0. The van der Waals surface area contributed by atoms with Crippen LogP contribution in [0.15, 0.2) is 36.5 Å². The third kappa shape index (κ3) is 3.38. The number of carbonyl (C=O) groups excluding carboxylic acids is 1. The molecule has 29 heavy (non-hydrogen) atoms. The Balaban J connectivity index is 1.87. The average molecular weight is 393 g/mol. The first-order valence-electron chi connectivity index (χ1n) is 9.53. The number of nitrogens with zero attached hydrogens (tertiary/aromatic N) is 3. The molecular formula is C22H23N3O4. The molecule has 0 saturated heterocycles. The minimum Gasteiger partial charge on any atom is -0.497 e. The Morgan fingerprint density at radius 2 is 2.00 bits per heavy atom. The number of aliphatic hydroxyl groups is 1. The third-order valence-corrected chi connectivity index (χ3v) is 5.33. The van der Waals surface area contributed by atoms with Crippen molar-refractivity contribution in [2.24, 2.45) is 0 Å². The van der Waals surface area contributed by atoms with Gasteiger partial charge in [-0.2, -0.15) is 10.2 Å². The summed E-state index contributed by atoms with van der Waals surface area (Å²) in [4.78, 5) is 15.2. The van der Waals surface area contributed by atoms with E-state index in [1.54, 1.807) is 44.4 Å². The van der Waals surface area contributed by atoms with Crippen LogP contribution < -0.4 is 14.4 Å². The van der Waals surface area contributed by atoms with Crippen LogP contribution in [0.1, 0.15) is 40.9 Å². The molecule has 0 fully saturated rings. The number of methoxy groups -OCH3 is 2. The molecule has 1 amide bonds. The van der Waals surface area contributed by atoms with Gasteiger partial charge < -0.3 is 19.5 Å². The highest BCUT2D eigenvalue weighted by Gasteiger charge is 2.26. The van der Waals surface area contributed by atoms with Gasteiger partial charge in [0.2, 0.25) is 0 Å². The molecule has 1 aromatic heterocycles. The SMILES string of the molecule is COc1ccc2c(c1)C(=O)N(c1cnnc3cc(OC)c(C(C)O)cc13)CCC2. The average Bonchev–Trinajstić information content (AvgIpc) is 2.90. The second kappa shape index (κ2) is 7.67. The van der Waals surface area contributed by atoms with Crippen LogP contribution in [0.25, 0.3) is 10.9 Å². The normalized spacial score (nSPS) is 15.0. The summed E-state index contributed by atoms with van der Waals surface area (Å²) in [6.07, 6.45) is 2.52. The lowest BCUT2D eigenvalue weighted by Crippen LogP contribution is -2.31.